The van der Waals surface area contributed by atoms with E-state index in [2.05, 4.69) is 20.3 Å². The number of thioether (sulfide) groups is 1. The summed E-state index contributed by atoms with van der Waals surface area (Å²) in [5, 5.41) is 7.22. The molecule has 0 radical (unpaired) electrons. The van der Waals surface area contributed by atoms with Crippen LogP contribution in [0.15, 0.2) is 41.0 Å². The summed E-state index contributed by atoms with van der Waals surface area (Å²) >= 11 is 4.39. The number of aromatic nitrogens is 3. The number of carbonyl (C=O) groups is 1. The molecule has 0 spiro atoms. The number of benzene rings is 1. The van der Waals surface area contributed by atoms with Gasteiger partial charge in [-0.25, -0.2) is 15.0 Å². The molecule has 6 nitrogen and oxygen atoms in total. The van der Waals surface area contributed by atoms with Crippen LogP contribution in [-0.2, 0) is 4.79 Å². The summed E-state index contributed by atoms with van der Waals surface area (Å²) in [6.45, 7) is 2.56. The Bertz CT molecular complexity index is 1080. The molecule has 0 aliphatic carbocycles. The average molecular weight is 403 g/mol. The molecule has 0 bridgehead atoms. The lowest BCUT2D eigenvalue weighted by molar-refractivity contribution is -0.113. The van der Waals surface area contributed by atoms with Crippen LogP contribution >= 0.6 is 34.4 Å². The number of nitrogens with one attached hydrogen (secondary N) is 1. The fourth-order valence-corrected chi connectivity index (χ4v) is 4.88. The zero-order valence-electron chi connectivity index (χ0n) is 13.8. The van der Waals surface area contributed by atoms with Gasteiger partial charge in [0.1, 0.15) is 21.9 Å². The molecule has 3 heterocycles. The number of thiophene rings is 1. The molecule has 1 N–H and O–H groups in total. The van der Waals surface area contributed by atoms with Gasteiger partial charge in [-0.2, -0.15) is 0 Å². The Kier molecular flexibility index (Phi) is 5.00. The fraction of sp³-hybridized carbons (Fsp3) is 0.176. The van der Waals surface area contributed by atoms with Gasteiger partial charge < -0.3 is 10.1 Å². The third kappa shape index (κ3) is 3.64. The van der Waals surface area contributed by atoms with Gasteiger partial charge in [-0.3, -0.25) is 4.79 Å². The smallest absolute Gasteiger partial charge is 0.236 e. The van der Waals surface area contributed by atoms with Crippen molar-refractivity contribution in [3.8, 4) is 5.75 Å². The molecule has 0 saturated carbocycles. The Morgan fingerprint density at radius 1 is 1.31 bits per heavy atom. The Hall–Kier alpha value is -2.23. The number of fused-ring (bicyclic) bond motifs is 2. The molecular weight excluding hydrogens is 388 g/mol. The van der Waals surface area contributed by atoms with Crippen molar-refractivity contribution in [1.29, 1.82) is 0 Å². The van der Waals surface area contributed by atoms with Crippen LogP contribution < -0.4 is 10.1 Å². The molecular formula is C17H14N4O2S3. The van der Waals surface area contributed by atoms with Crippen LogP contribution in [0.25, 0.3) is 20.4 Å². The Balaban J connectivity index is 1.43. The minimum absolute atomic E-state index is 0.110. The molecule has 3 aromatic heterocycles. The van der Waals surface area contributed by atoms with E-state index in [0.29, 0.717) is 11.7 Å². The van der Waals surface area contributed by atoms with Crippen molar-refractivity contribution in [1.82, 2.24) is 15.0 Å². The predicted molar refractivity (Wildman–Crippen MR) is 108 cm³/mol. The van der Waals surface area contributed by atoms with Crippen LogP contribution in [0.1, 0.15) is 6.92 Å². The fourth-order valence-electron chi connectivity index (χ4n) is 2.39. The van der Waals surface area contributed by atoms with Gasteiger partial charge in [-0.15, -0.1) is 11.3 Å². The van der Waals surface area contributed by atoms with Crippen LogP contribution in [0.4, 0.5) is 5.13 Å². The lowest BCUT2D eigenvalue weighted by Crippen LogP contribution is -2.13. The molecule has 0 fully saturated rings. The number of hydrogen-bond acceptors (Lipinski definition) is 8. The molecule has 0 unspecified atom stereocenters. The van der Waals surface area contributed by atoms with E-state index >= 15 is 0 Å². The number of amides is 1. The predicted octanol–water partition coefficient (Wildman–Crippen LogP) is 4.43. The number of rotatable bonds is 6. The van der Waals surface area contributed by atoms with Gasteiger partial charge in [0.2, 0.25) is 5.91 Å². The molecule has 26 heavy (non-hydrogen) atoms. The summed E-state index contributed by atoms with van der Waals surface area (Å²) in [5.41, 5.74) is 0.845. The molecule has 0 aliphatic heterocycles. The Morgan fingerprint density at radius 2 is 2.23 bits per heavy atom. The first-order chi connectivity index (χ1) is 12.7. The van der Waals surface area contributed by atoms with Crippen molar-refractivity contribution in [2.24, 2.45) is 0 Å². The largest absolute Gasteiger partial charge is 0.494 e. The lowest BCUT2D eigenvalue weighted by atomic mass is 10.3. The molecule has 0 aliphatic rings. The van der Waals surface area contributed by atoms with Gasteiger partial charge in [-0.1, -0.05) is 23.1 Å². The number of thiazole rings is 1. The molecule has 1 amide bonds. The summed E-state index contributed by atoms with van der Waals surface area (Å²) in [6, 6.07) is 7.70. The molecule has 0 atom stereocenters. The number of ether oxygens (including phenoxy) is 1. The highest BCUT2D eigenvalue weighted by Crippen LogP contribution is 2.30. The van der Waals surface area contributed by atoms with Crippen LogP contribution in [0.3, 0.4) is 0 Å². The summed E-state index contributed by atoms with van der Waals surface area (Å²) < 4.78 is 6.48. The minimum atomic E-state index is -0.110. The first-order valence-electron chi connectivity index (χ1n) is 7.87. The van der Waals surface area contributed by atoms with E-state index < -0.39 is 0 Å². The summed E-state index contributed by atoms with van der Waals surface area (Å²) in [6.07, 6.45) is 1.53. The number of anilines is 1. The van der Waals surface area contributed by atoms with E-state index in [0.717, 1.165) is 31.2 Å². The second kappa shape index (κ2) is 7.56. The Labute approximate surface area is 161 Å². The van der Waals surface area contributed by atoms with Crippen molar-refractivity contribution in [2.75, 3.05) is 17.7 Å². The second-order valence-corrected chi connectivity index (χ2v) is 8.13. The van der Waals surface area contributed by atoms with Crippen LogP contribution in [0.2, 0.25) is 0 Å². The van der Waals surface area contributed by atoms with Gasteiger partial charge in [0.05, 0.1) is 22.6 Å². The van der Waals surface area contributed by atoms with E-state index in [1.54, 1.807) is 11.3 Å². The van der Waals surface area contributed by atoms with Crippen molar-refractivity contribution in [2.45, 2.75) is 11.9 Å². The number of carbonyl (C=O) groups excluding carboxylic acids is 1. The minimum Gasteiger partial charge on any atom is -0.494 e. The van der Waals surface area contributed by atoms with E-state index in [9.17, 15) is 4.79 Å². The summed E-state index contributed by atoms with van der Waals surface area (Å²) in [7, 11) is 0. The van der Waals surface area contributed by atoms with E-state index in [4.69, 9.17) is 4.74 Å². The molecule has 4 aromatic rings. The van der Waals surface area contributed by atoms with Crippen LogP contribution in [0.5, 0.6) is 5.75 Å². The maximum atomic E-state index is 12.3. The second-order valence-electron chi connectivity index (χ2n) is 5.24. The third-order valence-electron chi connectivity index (χ3n) is 3.48. The maximum absolute atomic E-state index is 12.3. The molecule has 9 heteroatoms. The third-order valence-corrected chi connectivity index (χ3v) is 6.24. The van der Waals surface area contributed by atoms with E-state index in [1.807, 2.05) is 36.6 Å². The maximum Gasteiger partial charge on any atom is 0.236 e. The van der Waals surface area contributed by atoms with Crippen molar-refractivity contribution in [3.05, 3.63) is 36.0 Å². The van der Waals surface area contributed by atoms with Gasteiger partial charge in [0.15, 0.2) is 5.13 Å². The highest BCUT2D eigenvalue weighted by atomic mass is 32.2. The standard InChI is InChI=1S/C17H14N4O2S3/c1-2-23-10-3-4-12-13(7-10)26-17(20-12)21-14(22)8-25-16-11-5-6-24-15(11)18-9-19-16/h3-7,9H,2,8H2,1H3,(H,20,21,22). The lowest BCUT2D eigenvalue weighted by Gasteiger charge is -2.02. The first-order valence-corrected chi connectivity index (χ1v) is 10.6. The summed E-state index contributed by atoms with van der Waals surface area (Å²) in [5.74, 6) is 0.962. The van der Waals surface area contributed by atoms with Gasteiger partial charge in [-0.05, 0) is 36.6 Å². The Morgan fingerprint density at radius 3 is 3.12 bits per heavy atom. The highest BCUT2D eigenvalue weighted by Gasteiger charge is 2.11. The zero-order valence-corrected chi connectivity index (χ0v) is 16.2. The molecule has 4 rings (SSSR count). The molecule has 132 valence electrons. The van der Waals surface area contributed by atoms with Crippen LogP contribution in [0, 0.1) is 0 Å². The SMILES string of the molecule is CCOc1ccc2nc(NC(=O)CSc3ncnc4sccc34)sc2c1. The van der Waals surface area contributed by atoms with Crippen LogP contribution in [-0.4, -0.2) is 33.2 Å². The van der Waals surface area contributed by atoms with E-state index in [-0.39, 0.29) is 11.7 Å². The van der Waals surface area contributed by atoms with Crippen molar-refractivity contribution < 1.29 is 9.53 Å². The zero-order chi connectivity index (χ0) is 17.9. The molecule has 0 saturated heterocycles. The van der Waals surface area contributed by atoms with Crippen molar-refractivity contribution >= 4 is 65.9 Å². The first kappa shape index (κ1) is 17.2. The normalized spacial score (nSPS) is 11.1. The average Bonchev–Trinajstić information content (AvgIpc) is 3.26. The number of nitrogens with zero attached hydrogens (tertiary/aromatic N) is 3. The number of hydrogen-bond donors (Lipinski definition) is 1. The van der Waals surface area contributed by atoms with Gasteiger partial charge >= 0.3 is 0 Å². The van der Waals surface area contributed by atoms with Crippen molar-refractivity contribution in [3.63, 3.8) is 0 Å². The summed E-state index contributed by atoms with van der Waals surface area (Å²) in [4.78, 5) is 26.1. The van der Waals surface area contributed by atoms with Gasteiger partial charge in [0.25, 0.3) is 0 Å². The van der Waals surface area contributed by atoms with Gasteiger partial charge in [0, 0.05) is 5.39 Å². The van der Waals surface area contributed by atoms with E-state index in [1.165, 1.54) is 29.4 Å². The molecule has 1 aromatic carbocycles. The monoisotopic (exact) mass is 402 g/mol. The quantitative estimate of drug-likeness (QED) is 0.380. The highest BCUT2D eigenvalue weighted by molar-refractivity contribution is 8.00. The topological polar surface area (TPSA) is 77.0 Å².